The quantitative estimate of drug-likeness (QED) is 0.872. The van der Waals surface area contributed by atoms with E-state index in [1.54, 1.807) is 11.2 Å². The third kappa shape index (κ3) is 3.17. The van der Waals surface area contributed by atoms with Gasteiger partial charge in [-0.1, -0.05) is 12.1 Å². The standard InChI is InChI=1S/C15H21N3O2/c1-12(2)18(8-5-9-19)15(20)10-17-11-16-13-6-3-4-7-14(13)17/h3-4,6-7,11-12,19H,5,8-10H2,1-2H3. The summed E-state index contributed by atoms with van der Waals surface area (Å²) >= 11 is 0. The lowest BCUT2D eigenvalue weighted by molar-refractivity contribution is -0.133. The average molecular weight is 275 g/mol. The number of nitrogens with zero attached hydrogens (tertiary/aromatic N) is 3. The van der Waals surface area contributed by atoms with Crippen LogP contribution in [0.15, 0.2) is 30.6 Å². The summed E-state index contributed by atoms with van der Waals surface area (Å²) in [6.45, 7) is 4.94. The molecule has 0 saturated carbocycles. The third-order valence-corrected chi connectivity index (χ3v) is 3.33. The molecule has 0 saturated heterocycles. The van der Waals surface area contributed by atoms with Crippen molar-refractivity contribution in [2.75, 3.05) is 13.2 Å². The van der Waals surface area contributed by atoms with E-state index in [0.717, 1.165) is 11.0 Å². The van der Waals surface area contributed by atoms with E-state index in [4.69, 9.17) is 5.11 Å². The number of amides is 1. The molecule has 0 atom stereocenters. The lowest BCUT2D eigenvalue weighted by atomic mass is 10.2. The lowest BCUT2D eigenvalue weighted by Gasteiger charge is -2.26. The Morgan fingerprint density at radius 3 is 2.85 bits per heavy atom. The first kappa shape index (κ1) is 14.5. The van der Waals surface area contributed by atoms with E-state index in [-0.39, 0.29) is 25.1 Å². The highest BCUT2D eigenvalue weighted by molar-refractivity contribution is 5.80. The molecule has 0 aliphatic carbocycles. The molecule has 1 heterocycles. The first-order valence-electron chi connectivity index (χ1n) is 6.93. The van der Waals surface area contributed by atoms with E-state index in [1.807, 2.05) is 42.7 Å². The fraction of sp³-hybridized carbons (Fsp3) is 0.467. The maximum Gasteiger partial charge on any atom is 0.242 e. The minimum Gasteiger partial charge on any atom is -0.396 e. The molecule has 0 radical (unpaired) electrons. The van der Waals surface area contributed by atoms with Gasteiger partial charge in [-0.3, -0.25) is 4.79 Å². The second-order valence-corrected chi connectivity index (χ2v) is 5.12. The van der Waals surface area contributed by atoms with Gasteiger partial charge in [-0.2, -0.15) is 0 Å². The van der Waals surface area contributed by atoms with E-state index < -0.39 is 0 Å². The summed E-state index contributed by atoms with van der Waals surface area (Å²) in [5.41, 5.74) is 1.86. The molecular formula is C15H21N3O2. The smallest absolute Gasteiger partial charge is 0.242 e. The molecule has 108 valence electrons. The van der Waals surface area contributed by atoms with Crippen LogP contribution in [0.3, 0.4) is 0 Å². The molecule has 1 aromatic carbocycles. The van der Waals surface area contributed by atoms with Gasteiger partial charge in [0.15, 0.2) is 0 Å². The van der Waals surface area contributed by atoms with Gasteiger partial charge in [-0.25, -0.2) is 4.98 Å². The highest BCUT2D eigenvalue weighted by Crippen LogP contribution is 2.12. The van der Waals surface area contributed by atoms with Gasteiger partial charge in [-0.15, -0.1) is 0 Å². The molecule has 0 fully saturated rings. The van der Waals surface area contributed by atoms with Gasteiger partial charge in [0.05, 0.1) is 17.4 Å². The van der Waals surface area contributed by atoms with Crippen molar-refractivity contribution in [3.63, 3.8) is 0 Å². The molecule has 2 aromatic rings. The van der Waals surface area contributed by atoms with Crippen LogP contribution in [0.5, 0.6) is 0 Å². The zero-order chi connectivity index (χ0) is 14.5. The number of carbonyl (C=O) groups excluding carboxylic acids is 1. The molecule has 0 spiro atoms. The molecule has 0 aliphatic heterocycles. The van der Waals surface area contributed by atoms with Crippen molar-refractivity contribution in [1.29, 1.82) is 0 Å². The summed E-state index contributed by atoms with van der Waals surface area (Å²) in [5, 5.41) is 8.92. The number of fused-ring (bicyclic) bond motifs is 1. The minimum atomic E-state index is 0.0524. The van der Waals surface area contributed by atoms with Gasteiger partial charge in [0, 0.05) is 19.2 Å². The van der Waals surface area contributed by atoms with Crippen molar-refractivity contribution in [3.05, 3.63) is 30.6 Å². The highest BCUT2D eigenvalue weighted by Gasteiger charge is 2.17. The SMILES string of the molecule is CC(C)N(CCCO)C(=O)Cn1cnc2ccccc21. The van der Waals surface area contributed by atoms with Gasteiger partial charge in [-0.05, 0) is 32.4 Å². The van der Waals surface area contributed by atoms with E-state index in [9.17, 15) is 4.79 Å². The van der Waals surface area contributed by atoms with E-state index in [2.05, 4.69) is 4.98 Å². The van der Waals surface area contributed by atoms with Crippen LogP contribution in [0, 0.1) is 0 Å². The lowest BCUT2D eigenvalue weighted by Crippen LogP contribution is -2.40. The maximum absolute atomic E-state index is 12.4. The number of rotatable bonds is 6. The molecule has 0 aliphatic rings. The molecular weight excluding hydrogens is 254 g/mol. The predicted molar refractivity (Wildman–Crippen MR) is 78.3 cm³/mol. The number of hydrogen-bond acceptors (Lipinski definition) is 3. The van der Waals surface area contributed by atoms with E-state index >= 15 is 0 Å². The third-order valence-electron chi connectivity index (χ3n) is 3.33. The Hall–Kier alpha value is -1.88. The first-order valence-corrected chi connectivity index (χ1v) is 6.93. The Labute approximate surface area is 118 Å². The highest BCUT2D eigenvalue weighted by atomic mass is 16.3. The summed E-state index contributed by atoms with van der Waals surface area (Å²) in [4.78, 5) is 18.5. The van der Waals surface area contributed by atoms with Crippen LogP contribution in [-0.2, 0) is 11.3 Å². The number of para-hydroxylation sites is 2. The molecule has 1 amide bonds. The number of aliphatic hydroxyl groups excluding tert-OH is 1. The van der Waals surface area contributed by atoms with Gasteiger partial charge in [0.2, 0.25) is 5.91 Å². The molecule has 5 nitrogen and oxygen atoms in total. The van der Waals surface area contributed by atoms with E-state index in [0.29, 0.717) is 13.0 Å². The van der Waals surface area contributed by atoms with Crippen LogP contribution < -0.4 is 0 Å². The van der Waals surface area contributed by atoms with Crippen molar-refractivity contribution in [3.8, 4) is 0 Å². The van der Waals surface area contributed by atoms with Crippen molar-refractivity contribution >= 4 is 16.9 Å². The Bertz CT molecular complexity index is 577. The summed E-state index contributed by atoms with van der Waals surface area (Å²) in [5.74, 6) is 0.0524. The van der Waals surface area contributed by atoms with Gasteiger partial charge in [0.1, 0.15) is 6.54 Å². The number of aromatic nitrogens is 2. The summed E-state index contributed by atoms with van der Waals surface area (Å²) in [7, 11) is 0. The van der Waals surface area contributed by atoms with Crippen LogP contribution >= 0.6 is 0 Å². The number of aliphatic hydroxyl groups is 1. The van der Waals surface area contributed by atoms with Crippen LogP contribution in [0.4, 0.5) is 0 Å². The zero-order valence-corrected chi connectivity index (χ0v) is 12.0. The molecule has 5 heteroatoms. The number of hydrogen-bond donors (Lipinski definition) is 1. The number of imidazole rings is 1. The van der Waals surface area contributed by atoms with Crippen LogP contribution in [0.1, 0.15) is 20.3 Å². The second-order valence-electron chi connectivity index (χ2n) is 5.12. The van der Waals surface area contributed by atoms with Gasteiger partial charge >= 0.3 is 0 Å². The summed E-state index contributed by atoms with van der Waals surface area (Å²) in [6, 6.07) is 7.90. The van der Waals surface area contributed by atoms with Crippen LogP contribution in [0.2, 0.25) is 0 Å². The molecule has 20 heavy (non-hydrogen) atoms. The van der Waals surface area contributed by atoms with Crippen molar-refractivity contribution in [1.82, 2.24) is 14.5 Å². The van der Waals surface area contributed by atoms with E-state index in [1.165, 1.54) is 0 Å². The van der Waals surface area contributed by atoms with Gasteiger partial charge in [0.25, 0.3) is 0 Å². The molecule has 1 aromatic heterocycles. The Balaban J connectivity index is 2.13. The van der Waals surface area contributed by atoms with Gasteiger partial charge < -0.3 is 14.6 Å². The Morgan fingerprint density at radius 2 is 2.15 bits per heavy atom. The fourth-order valence-corrected chi connectivity index (χ4v) is 2.28. The summed E-state index contributed by atoms with van der Waals surface area (Å²) in [6.07, 6.45) is 2.31. The molecule has 0 bridgehead atoms. The molecule has 1 N–H and O–H groups in total. The maximum atomic E-state index is 12.4. The average Bonchev–Trinajstić information content (AvgIpc) is 2.82. The van der Waals surface area contributed by atoms with Crippen molar-refractivity contribution in [2.24, 2.45) is 0 Å². The van der Waals surface area contributed by atoms with Crippen molar-refractivity contribution in [2.45, 2.75) is 32.9 Å². The minimum absolute atomic E-state index is 0.0524. The topological polar surface area (TPSA) is 58.4 Å². The normalized spacial score (nSPS) is 11.2. The number of carbonyl (C=O) groups is 1. The molecule has 0 unspecified atom stereocenters. The zero-order valence-electron chi connectivity index (χ0n) is 12.0. The monoisotopic (exact) mass is 275 g/mol. The largest absolute Gasteiger partial charge is 0.396 e. The molecule has 2 rings (SSSR count). The van der Waals surface area contributed by atoms with Crippen LogP contribution in [0.25, 0.3) is 11.0 Å². The van der Waals surface area contributed by atoms with Crippen molar-refractivity contribution < 1.29 is 9.90 Å². The summed E-state index contributed by atoms with van der Waals surface area (Å²) < 4.78 is 1.87. The second kappa shape index (κ2) is 6.52. The number of benzene rings is 1. The predicted octanol–water partition coefficient (Wildman–Crippen LogP) is 1.66. The Kier molecular flexibility index (Phi) is 4.74. The Morgan fingerprint density at radius 1 is 1.40 bits per heavy atom. The fourth-order valence-electron chi connectivity index (χ4n) is 2.28. The first-order chi connectivity index (χ1) is 9.63. The van der Waals surface area contributed by atoms with Crippen LogP contribution in [-0.4, -0.2) is 44.7 Å².